The van der Waals surface area contributed by atoms with E-state index in [1.54, 1.807) is 12.1 Å². The molecule has 0 heterocycles. The van der Waals surface area contributed by atoms with Crippen LogP contribution in [0, 0.1) is 0 Å². The van der Waals surface area contributed by atoms with Crippen LogP contribution in [0.2, 0.25) is 0 Å². The number of hydrogen-bond donors (Lipinski definition) is 0. The number of carbonyl (C=O) groups is 1. The topological polar surface area (TPSA) is 29.5 Å². The van der Waals surface area contributed by atoms with E-state index in [0.717, 1.165) is 0 Å². The van der Waals surface area contributed by atoms with Crippen LogP contribution in [-0.2, 0) is 0 Å². The third-order valence-electron chi connectivity index (χ3n) is 2.35. The Labute approximate surface area is 113 Å². The van der Waals surface area contributed by atoms with Crippen molar-refractivity contribution >= 4 is 17.5 Å². The molecule has 0 fully saturated rings. The third-order valence-corrected chi connectivity index (χ3v) is 2.52. The fourth-order valence-corrected chi connectivity index (χ4v) is 1.77. The number of carbonyl (C=O) groups excluding carboxylic acids is 1. The Hall–Kier alpha value is -1.43. The summed E-state index contributed by atoms with van der Waals surface area (Å²) in [6.07, 6.45) is -4.47. The molecule has 19 heavy (non-hydrogen) atoms. The molecule has 0 aliphatic rings. The lowest BCUT2D eigenvalue weighted by Crippen LogP contribution is -2.40. The van der Waals surface area contributed by atoms with Gasteiger partial charge in [0, 0.05) is 12.4 Å². The highest BCUT2D eigenvalue weighted by molar-refractivity contribution is 6.18. The quantitative estimate of drug-likeness (QED) is 0.782. The number of para-hydroxylation sites is 1. The zero-order chi connectivity index (χ0) is 14.5. The van der Waals surface area contributed by atoms with E-state index in [4.69, 9.17) is 16.3 Å². The summed E-state index contributed by atoms with van der Waals surface area (Å²) in [5.74, 6) is -0.596. The SMILES string of the molecule is COc1ccccc1C(=O)N(CCCl)CC(F)(F)F. The summed E-state index contributed by atoms with van der Waals surface area (Å²) in [6.45, 7) is -1.52. The molecule has 0 N–H and O–H groups in total. The lowest BCUT2D eigenvalue weighted by Gasteiger charge is -2.23. The monoisotopic (exact) mass is 295 g/mol. The van der Waals surface area contributed by atoms with Crippen molar-refractivity contribution in [2.75, 3.05) is 26.1 Å². The van der Waals surface area contributed by atoms with Crippen LogP contribution in [0.1, 0.15) is 10.4 Å². The lowest BCUT2D eigenvalue weighted by atomic mass is 10.1. The standard InChI is InChI=1S/C12H13ClF3NO2/c1-19-10-5-3-2-4-9(10)11(18)17(7-6-13)8-12(14,15)16/h2-5H,6-8H2,1H3. The van der Waals surface area contributed by atoms with Crippen LogP contribution in [0.15, 0.2) is 24.3 Å². The fraction of sp³-hybridized carbons (Fsp3) is 0.417. The van der Waals surface area contributed by atoms with Crippen molar-refractivity contribution in [2.24, 2.45) is 0 Å². The number of alkyl halides is 4. The van der Waals surface area contributed by atoms with Gasteiger partial charge in [-0.1, -0.05) is 12.1 Å². The summed E-state index contributed by atoms with van der Waals surface area (Å²) in [6, 6.07) is 6.12. The van der Waals surface area contributed by atoms with Gasteiger partial charge < -0.3 is 9.64 Å². The number of amides is 1. The minimum Gasteiger partial charge on any atom is -0.496 e. The minimum absolute atomic E-state index is 0.0725. The molecule has 0 aromatic heterocycles. The van der Waals surface area contributed by atoms with Crippen LogP contribution in [0.5, 0.6) is 5.75 Å². The van der Waals surface area contributed by atoms with Crippen molar-refractivity contribution in [3.8, 4) is 5.75 Å². The molecule has 0 bridgehead atoms. The molecule has 0 radical (unpaired) electrons. The molecule has 1 aromatic carbocycles. The van der Waals surface area contributed by atoms with Gasteiger partial charge in [-0.2, -0.15) is 13.2 Å². The molecular weight excluding hydrogens is 283 g/mol. The van der Waals surface area contributed by atoms with Crippen LogP contribution in [0.4, 0.5) is 13.2 Å². The maximum absolute atomic E-state index is 12.4. The highest BCUT2D eigenvalue weighted by atomic mass is 35.5. The summed E-state index contributed by atoms with van der Waals surface area (Å²) in [5, 5.41) is 0. The Kier molecular flexibility index (Phi) is 5.47. The Morgan fingerprint density at radius 1 is 1.37 bits per heavy atom. The van der Waals surface area contributed by atoms with Crippen molar-refractivity contribution in [1.82, 2.24) is 4.90 Å². The zero-order valence-electron chi connectivity index (χ0n) is 10.2. The van der Waals surface area contributed by atoms with E-state index in [1.165, 1.54) is 19.2 Å². The maximum atomic E-state index is 12.4. The van der Waals surface area contributed by atoms with Crippen LogP contribution in [-0.4, -0.2) is 43.1 Å². The second-order valence-electron chi connectivity index (χ2n) is 3.73. The highest BCUT2D eigenvalue weighted by Crippen LogP contribution is 2.22. The van der Waals surface area contributed by atoms with E-state index < -0.39 is 18.6 Å². The molecule has 0 saturated carbocycles. The van der Waals surface area contributed by atoms with Gasteiger partial charge in [0.1, 0.15) is 12.3 Å². The van der Waals surface area contributed by atoms with Crippen LogP contribution >= 0.6 is 11.6 Å². The summed E-state index contributed by atoms with van der Waals surface area (Å²) in [5.41, 5.74) is 0.0827. The van der Waals surface area contributed by atoms with E-state index in [-0.39, 0.29) is 23.7 Å². The molecule has 1 amide bonds. The van der Waals surface area contributed by atoms with Gasteiger partial charge >= 0.3 is 6.18 Å². The summed E-state index contributed by atoms with van der Waals surface area (Å²) in [4.78, 5) is 12.7. The van der Waals surface area contributed by atoms with E-state index >= 15 is 0 Å². The number of halogens is 4. The number of benzene rings is 1. The van der Waals surface area contributed by atoms with E-state index in [2.05, 4.69) is 0 Å². The minimum atomic E-state index is -4.47. The second-order valence-corrected chi connectivity index (χ2v) is 4.11. The van der Waals surface area contributed by atoms with Gasteiger partial charge in [-0.05, 0) is 12.1 Å². The Morgan fingerprint density at radius 2 is 2.00 bits per heavy atom. The molecule has 1 aromatic rings. The average Bonchev–Trinajstić information content (AvgIpc) is 2.36. The first-order valence-electron chi connectivity index (χ1n) is 5.44. The van der Waals surface area contributed by atoms with Gasteiger partial charge in [-0.3, -0.25) is 4.79 Å². The van der Waals surface area contributed by atoms with Gasteiger partial charge in [0.2, 0.25) is 0 Å². The van der Waals surface area contributed by atoms with Crippen molar-refractivity contribution in [3.63, 3.8) is 0 Å². The van der Waals surface area contributed by atoms with E-state index in [1.807, 2.05) is 0 Å². The molecule has 3 nitrogen and oxygen atoms in total. The predicted molar refractivity (Wildman–Crippen MR) is 65.7 cm³/mol. The number of methoxy groups -OCH3 is 1. The summed E-state index contributed by atoms with van der Waals surface area (Å²) >= 11 is 5.44. The first kappa shape index (κ1) is 15.6. The molecule has 0 saturated heterocycles. The predicted octanol–water partition coefficient (Wildman–Crippen LogP) is 2.94. The van der Waals surface area contributed by atoms with Gasteiger partial charge in [0.05, 0.1) is 12.7 Å². The third kappa shape index (κ3) is 4.63. The maximum Gasteiger partial charge on any atom is 0.406 e. The fourth-order valence-electron chi connectivity index (χ4n) is 1.56. The smallest absolute Gasteiger partial charge is 0.406 e. The largest absolute Gasteiger partial charge is 0.496 e. The normalized spacial score (nSPS) is 11.2. The molecule has 1 rings (SSSR count). The molecule has 0 atom stereocenters. The lowest BCUT2D eigenvalue weighted by molar-refractivity contribution is -0.140. The summed E-state index contributed by atoms with van der Waals surface area (Å²) in [7, 11) is 1.35. The Balaban J connectivity index is 2.99. The number of hydrogen-bond acceptors (Lipinski definition) is 2. The van der Waals surface area contributed by atoms with Crippen molar-refractivity contribution in [3.05, 3.63) is 29.8 Å². The molecule has 0 aliphatic carbocycles. The van der Waals surface area contributed by atoms with Gasteiger partial charge in [0.15, 0.2) is 0 Å². The first-order valence-corrected chi connectivity index (χ1v) is 5.97. The molecule has 106 valence electrons. The molecule has 7 heteroatoms. The van der Waals surface area contributed by atoms with Crippen LogP contribution in [0.3, 0.4) is 0 Å². The average molecular weight is 296 g/mol. The van der Waals surface area contributed by atoms with E-state index in [0.29, 0.717) is 4.90 Å². The number of rotatable bonds is 5. The molecule has 0 spiro atoms. The highest BCUT2D eigenvalue weighted by Gasteiger charge is 2.33. The van der Waals surface area contributed by atoms with Gasteiger partial charge in [0.25, 0.3) is 5.91 Å². The van der Waals surface area contributed by atoms with Crippen molar-refractivity contribution < 1.29 is 22.7 Å². The van der Waals surface area contributed by atoms with E-state index in [9.17, 15) is 18.0 Å². The molecule has 0 aliphatic heterocycles. The molecular formula is C12H13ClF3NO2. The van der Waals surface area contributed by atoms with Gasteiger partial charge in [-0.15, -0.1) is 11.6 Å². The molecule has 0 unspecified atom stereocenters. The Bertz CT molecular complexity index is 437. The first-order chi connectivity index (χ1) is 8.89. The number of ether oxygens (including phenoxy) is 1. The van der Waals surface area contributed by atoms with Gasteiger partial charge in [-0.25, -0.2) is 0 Å². The van der Waals surface area contributed by atoms with Crippen molar-refractivity contribution in [2.45, 2.75) is 6.18 Å². The van der Waals surface area contributed by atoms with Crippen molar-refractivity contribution in [1.29, 1.82) is 0 Å². The zero-order valence-corrected chi connectivity index (χ0v) is 11.0. The summed E-state index contributed by atoms with van der Waals surface area (Å²) < 4.78 is 42.2. The second kappa shape index (κ2) is 6.65. The van der Waals surface area contributed by atoms with Crippen LogP contribution in [0.25, 0.3) is 0 Å². The number of nitrogens with zero attached hydrogens (tertiary/aromatic N) is 1. The van der Waals surface area contributed by atoms with Crippen LogP contribution < -0.4 is 4.74 Å². The Morgan fingerprint density at radius 3 is 2.53 bits per heavy atom.